The van der Waals surface area contributed by atoms with Crippen LogP contribution in [0.4, 0.5) is 5.69 Å². The SMILES string of the molecule is Cc1ccccc1-c1cc(=O)oc2cc(N(C)CC(=O)NCC(N)=O)ccc12. The fraction of sp³-hybridized carbons (Fsp3) is 0.190. The highest BCUT2D eigenvalue weighted by atomic mass is 16.4. The van der Waals surface area contributed by atoms with Crippen molar-refractivity contribution in [2.75, 3.05) is 25.0 Å². The van der Waals surface area contributed by atoms with Crippen LogP contribution in [0.25, 0.3) is 22.1 Å². The smallest absolute Gasteiger partial charge is 0.336 e. The van der Waals surface area contributed by atoms with Gasteiger partial charge in [0.2, 0.25) is 11.8 Å². The third kappa shape index (κ3) is 4.20. The lowest BCUT2D eigenvalue weighted by molar-refractivity contribution is -0.123. The second-order valence-electron chi connectivity index (χ2n) is 6.57. The van der Waals surface area contributed by atoms with E-state index in [9.17, 15) is 14.4 Å². The monoisotopic (exact) mass is 379 g/mol. The summed E-state index contributed by atoms with van der Waals surface area (Å²) in [5.41, 5.74) is 8.55. The molecule has 0 spiro atoms. The van der Waals surface area contributed by atoms with Gasteiger partial charge >= 0.3 is 5.63 Å². The van der Waals surface area contributed by atoms with Gasteiger partial charge < -0.3 is 20.4 Å². The summed E-state index contributed by atoms with van der Waals surface area (Å²) in [6, 6.07) is 14.8. The molecule has 0 atom stereocenters. The van der Waals surface area contributed by atoms with Crippen molar-refractivity contribution in [1.29, 1.82) is 0 Å². The van der Waals surface area contributed by atoms with Crippen LogP contribution in [0.1, 0.15) is 5.56 Å². The molecule has 0 saturated heterocycles. The molecule has 0 saturated carbocycles. The van der Waals surface area contributed by atoms with E-state index >= 15 is 0 Å². The number of anilines is 1. The number of nitrogens with two attached hydrogens (primary N) is 1. The zero-order chi connectivity index (χ0) is 20.3. The van der Waals surface area contributed by atoms with E-state index in [1.807, 2.05) is 43.3 Å². The molecule has 0 bridgehead atoms. The Hall–Kier alpha value is -3.61. The number of amides is 2. The summed E-state index contributed by atoms with van der Waals surface area (Å²) >= 11 is 0. The molecule has 1 heterocycles. The molecule has 28 heavy (non-hydrogen) atoms. The number of carbonyl (C=O) groups is 2. The van der Waals surface area contributed by atoms with Crippen molar-refractivity contribution in [3.63, 3.8) is 0 Å². The summed E-state index contributed by atoms with van der Waals surface area (Å²) in [5.74, 6) is -0.941. The molecule has 0 radical (unpaired) electrons. The van der Waals surface area contributed by atoms with E-state index in [0.717, 1.165) is 22.1 Å². The van der Waals surface area contributed by atoms with E-state index in [1.54, 1.807) is 18.0 Å². The molecule has 7 nitrogen and oxygen atoms in total. The first kappa shape index (κ1) is 19.2. The minimum atomic E-state index is -0.604. The van der Waals surface area contributed by atoms with Crippen molar-refractivity contribution in [2.45, 2.75) is 6.92 Å². The first-order chi connectivity index (χ1) is 13.3. The molecule has 3 aromatic rings. The van der Waals surface area contributed by atoms with Gasteiger partial charge in [0.05, 0.1) is 13.1 Å². The Morgan fingerprint density at radius 3 is 2.57 bits per heavy atom. The lowest BCUT2D eigenvalue weighted by Crippen LogP contribution is -2.39. The predicted octanol–water partition coefficient (Wildman–Crippen LogP) is 1.81. The molecular formula is C21H21N3O4. The van der Waals surface area contributed by atoms with Crippen LogP contribution in [0.5, 0.6) is 0 Å². The van der Waals surface area contributed by atoms with Gasteiger partial charge in [-0.25, -0.2) is 4.79 Å². The highest BCUT2D eigenvalue weighted by Crippen LogP contribution is 2.31. The van der Waals surface area contributed by atoms with Crippen LogP contribution >= 0.6 is 0 Å². The van der Waals surface area contributed by atoms with E-state index < -0.39 is 11.5 Å². The summed E-state index contributed by atoms with van der Waals surface area (Å²) in [6.07, 6.45) is 0. The molecule has 7 heteroatoms. The number of primary amides is 1. The van der Waals surface area contributed by atoms with Crippen LogP contribution in [0.15, 0.2) is 57.7 Å². The average molecular weight is 379 g/mol. The molecule has 3 rings (SSSR count). The van der Waals surface area contributed by atoms with E-state index in [4.69, 9.17) is 10.2 Å². The Kier molecular flexibility index (Phi) is 5.44. The number of fused-ring (bicyclic) bond motifs is 1. The van der Waals surface area contributed by atoms with Gasteiger partial charge in [0.1, 0.15) is 5.58 Å². The Morgan fingerprint density at radius 2 is 1.86 bits per heavy atom. The molecule has 2 aromatic carbocycles. The summed E-state index contributed by atoms with van der Waals surface area (Å²) in [4.78, 5) is 36.5. The van der Waals surface area contributed by atoms with Crippen LogP contribution < -0.4 is 21.6 Å². The van der Waals surface area contributed by atoms with Crippen molar-refractivity contribution in [3.05, 3.63) is 64.5 Å². The second-order valence-corrected chi connectivity index (χ2v) is 6.57. The number of aryl methyl sites for hydroxylation is 1. The van der Waals surface area contributed by atoms with Crippen molar-refractivity contribution >= 4 is 28.5 Å². The zero-order valence-corrected chi connectivity index (χ0v) is 15.7. The van der Waals surface area contributed by atoms with E-state index in [1.165, 1.54) is 6.07 Å². The summed E-state index contributed by atoms with van der Waals surface area (Å²) in [7, 11) is 1.73. The molecule has 0 aliphatic carbocycles. The Balaban J connectivity index is 1.94. The number of benzene rings is 2. The Bertz CT molecular complexity index is 1100. The molecule has 2 amide bonds. The number of hydrogen-bond donors (Lipinski definition) is 2. The second kappa shape index (κ2) is 7.96. The van der Waals surface area contributed by atoms with Gasteiger partial charge in [-0.15, -0.1) is 0 Å². The lowest BCUT2D eigenvalue weighted by atomic mass is 9.98. The summed E-state index contributed by atoms with van der Waals surface area (Å²) in [6.45, 7) is 1.81. The fourth-order valence-corrected chi connectivity index (χ4v) is 3.04. The van der Waals surface area contributed by atoms with Crippen molar-refractivity contribution in [2.24, 2.45) is 5.73 Å². The molecule has 0 fully saturated rings. The van der Waals surface area contributed by atoms with Crippen molar-refractivity contribution in [3.8, 4) is 11.1 Å². The van der Waals surface area contributed by atoms with Crippen LogP contribution in [0.3, 0.4) is 0 Å². The highest BCUT2D eigenvalue weighted by Gasteiger charge is 2.13. The molecule has 1 aromatic heterocycles. The Morgan fingerprint density at radius 1 is 1.11 bits per heavy atom. The van der Waals surface area contributed by atoms with Crippen LogP contribution in [-0.2, 0) is 9.59 Å². The van der Waals surface area contributed by atoms with Crippen molar-refractivity contribution < 1.29 is 14.0 Å². The van der Waals surface area contributed by atoms with Crippen molar-refractivity contribution in [1.82, 2.24) is 5.32 Å². The first-order valence-electron chi connectivity index (χ1n) is 8.75. The quantitative estimate of drug-likeness (QED) is 0.636. The van der Waals surface area contributed by atoms with Gasteiger partial charge in [0.25, 0.3) is 0 Å². The van der Waals surface area contributed by atoms with Gasteiger partial charge in [-0.1, -0.05) is 24.3 Å². The minimum Gasteiger partial charge on any atom is -0.423 e. The number of likely N-dealkylation sites (N-methyl/N-ethyl adjacent to an activating group) is 1. The molecule has 0 aliphatic heterocycles. The van der Waals surface area contributed by atoms with E-state index in [2.05, 4.69) is 5.32 Å². The largest absolute Gasteiger partial charge is 0.423 e. The van der Waals surface area contributed by atoms with Gasteiger partial charge in [0, 0.05) is 35.8 Å². The van der Waals surface area contributed by atoms with Gasteiger partial charge in [0.15, 0.2) is 0 Å². The molecule has 144 valence electrons. The number of carbonyl (C=O) groups excluding carboxylic acids is 2. The minimum absolute atomic E-state index is 0.0283. The van der Waals surface area contributed by atoms with Gasteiger partial charge in [-0.3, -0.25) is 9.59 Å². The summed E-state index contributed by atoms with van der Waals surface area (Å²) < 4.78 is 5.39. The summed E-state index contributed by atoms with van der Waals surface area (Å²) in [5, 5.41) is 3.25. The predicted molar refractivity (Wildman–Crippen MR) is 108 cm³/mol. The van der Waals surface area contributed by atoms with Gasteiger partial charge in [-0.2, -0.15) is 0 Å². The normalized spacial score (nSPS) is 10.6. The topological polar surface area (TPSA) is 106 Å². The van der Waals surface area contributed by atoms with Crippen LogP contribution in [0.2, 0.25) is 0 Å². The van der Waals surface area contributed by atoms with Gasteiger partial charge in [-0.05, 0) is 30.2 Å². The third-order valence-electron chi connectivity index (χ3n) is 4.44. The van der Waals surface area contributed by atoms with Crippen LogP contribution in [-0.4, -0.2) is 32.0 Å². The standard InChI is InChI=1S/C21H21N3O4/c1-13-5-3-4-6-15(13)17-10-21(27)28-18-9-14(7-8-16(17)18)24(2)12-20(26)23-11-19(22)25/h3-10H,11-12H2,1-2H3,(H2,22,25)(H,23,26). The highest BCUT2D eigenvalue weighted by molar-refractivity contribution is 5.95. The lowest BCUT2D eigenvalue weighted by Gasteiger charge is -2.19. The zero-order valence-electron chi connectivity index (χ0n) is 15.7. The number of nitrogens with one attached hydrogen (secondary N) is 1. The number of hydrogen-bond acceptors (Lipinski definition) is 5. The number of rotatable bonds is 6. The van der Waals surface area contributed by atoms with E-state index in [-0.39, 0.29) is 19.0 Å². The maximum absolute atomic E-state index is 12.1. The third-order valence-corrected chi connectivity index (χ3v) is 4.44. The maximum Gasteiger partial charge on any atom is 0.336 e. The maximum atomic E-state index is 12.1. The Labute approximate surface area is 161 Å². The number of nitrogens with zero attached hydrogens (tertiary/aromatic N) is 1. The fourth-order valence-electron chi connectivity index (χ4n) is 3.04. The molecule has 3 N–H and O–H groups in total. The van der Waals surface area contributed by atoms with Crippen LogP contribution in [0, 0.1) is 6.92 Å². The molecular weight excluding hydrogens is 358 g/mol. The first-order valence-corrected chi connectivity index (χ1v) is 8.75. The molecule has 0 unspecified atom stereocenters. The average Bonchev–Trinajstić information content (AvgIpc) is 2.65. The molecule has 0 aliphatic rings. The van der Waals surface area contributed by atoms with E-state index in [0.29, 0.717) is 11.3 Å².